The molecule has 1 aliphatic heterocycles. The Kier molecular flexibility index (Phi) is 4.84. The average Bonchev–Trinajstić information content (AvgIpc) is 2.97. The number of nitrogens with zero attached hydrogens (tertiary/aromatic N) is 1. The molecule has 126 valence electrons. The number of carbonyl (C=O) groups is 1. The molecule has 1 heterocycles. The van der Waals surface area contributed by atoms with Crippen LogP contribution in [0.15, 0.2) is 42.5 Å². The zero-order chi connectivity index (χ0) is 17.1. The fraction of sp³-hybridized carbons (Fsp3) is 0.350. The third-order valence-corrected chi connectivity index (χ3v) is 4.44. The number of aryl methyl sites for hydroxylation is 1. The van der Waals surface area contributed by atoms with Crippen LogP contribution in [0.2, 0.25) is 0 Å². The Balaban J connectivity index is 1.71. The number of likely N-dealkylation sites (tertiary alicyclic amines) is 1. The van der Waals surface area contributed by atoms with E-state index in [1.807, 2.05) is 24.0 Å². The molecule has 3 rings (SSSR count). The molecule has 2 aromatic rings. The smallest absolute Gasteiger partial charge is 0.227 e. The molecule has 2 aromatic carbocycles. The maximum Gasteiger partial charge on any atom is 0.227 e. The van der Waals surface area contributed by atoms with Crippen molar-refractivity contribution in [1.29, 1.82) is 0 Å². The van der Waals surface area contributed by atoms with E-state index in [1.165, 1.54) is 6.07 Å². The van der Waals surface area contributed by atoms with Crippen LogP contribution in [0.5, 0.6) is 11.5 Å². The third kappa shape index (κ3) is 3.75. The van der Waals surface area contributed by atoms with Gasteiger partial charge in [-0.3, -0.25) is 4.79 Å². The van der Waals surface area contributed by atoms with E-state index < -0.39 is 0 Å². The highest BCUT2D eigenvalue weighted by Crippen LogP contribution is 2.26. The normalized spacial score (nSPS) is 17.1. The van der Waals surface area contributed by atoms with Crippen molar-refractivity contribution in [3.8, 4) is 11.5 Å². The molecule has 1 aliphatic rings. The Morgan fingerprint density at radius 2 is 2.12 bits per heavy atom. The van der Waals surface area contributed by atoms with Crippen LogP contribution in [-0.2, 0) is 11.2 Å². The predicted molar refractivity (Wildman–Crippen MR) is 91.8 cm³/mol. The molecule has 0 N–H and O–H groups in total. The number of ether oxygens (including phenoxy) is 1. The zero-order valence-electron chi connectivity index (χ0n) is 14.1. The number of halogens is 1. The van der Waals surface area contributed by atoms with Gasteiger partial charge in [0.25, 0.3) is 0 Å². The van der Waals surface area contributed by atoms with E-state index in [4.69, 9.17) is 4.74 Å². The Hall–Kier alpha value is -2.36. The van der Waals surface area contributed by atoms with E-state index >= 15 is 0 Å². The summed E-state index contributed by atoms with van der Waals surface area (Å²) in [6.45, 7) is 4.76. The molecular formula is C20H22FNO2. The van der Waals surface area contributed by atoms with Gasteiger partial charge < -0.3 is 9.64 Å². The van der Waals surface area contributed by atoms with Crippen LogP contribution in [0, 0.1) is 12.7 Å². The minimum Gasteiger partial charge on any atom is -0.454 e. The minimum absolute atomic E-state index is 0.138. The molecule has 0 aromatic heterocycles. The van der Waals surface area contributed by atoms with Crippen molar-refractivity contribution in [2.24, 2.45) is 0 Å². The van der Waals surface area contributed by atoms with Crippen LogP contribution in [0.25, 0.3) is 0 Å². The zero-order valence-corrected chi connectivity index (χ0v) is 14.1. The first-order chi connectivity index (χ1) is 11.5. The van der Waals surface area contributed by atoms with E-state index in [-0.39, 0.29) is 17.5 Å². The maximum absolute atomic E-state index is 13.9. The molecule has 1 unspecified atom stereocenters. The van der Waals surface area contributed by atoms with Crippen molar-refractivity contribution < 1.29 is 13.9 Å². The predicted octanol–water partition coefficient (Wildman–Crippen LogP) is 4.48. The van der Waals surface area contributed by atoms with E-state index in [9.17, 15) is 9.18 Å². The lowest BCUT2D eigenvalue weighted by atomic mass is 10.1. The molecule has 0 saturated carbocycles. The van der Waals surface area contributed by atoms with E-state index in [1.54, 1.807) is 24.3 Å². The van der Waals surface area contributed by atoms with Crippen LogP contribution in [0.3, 0.4) is 0 Å². The molecule has 1 saturated heterocycles. The van der Waals surface area contributed by atoms with Gasteiger partial charge in [0, 0.05) is 12.6 Å². The number of hydrogen-bond acceptors (Lipinski definition) is 2. The van der Waals surface area contributed by atoms with Crippen LogP contribution >= 0.6 is 0 Å². The van der Waals surface area contributed by atoms with Gasteiger partial charge >= 0.3 is 0 Å². The fourth-order valence-electron chi connectivity index (χ4n) is 3.11. The molecule has 0 radical (unpaired) electrons. The van der Waals surface area contributed by atoms with Crippen LogP contribution in [0.1, 0.15) is 30.9 Å². The lowest BCUT2D eigenvalue weighted by Crippen LogP contribution is -2.34. The summed E-state index contributed by atoms with van der Waals surface area (Å²) < 4.78 is 19.5. The summed E-state index contributed by atoms with van der Waals surface area (Å²) in [4.78, 5) is 14.3. The van der Waals surface area contributed by atoms with Gasteiger partial charge in [0.15, 0.2) is 11.6 Å². The first-order valence-corrected chi connectivity index (χ1v) is 8.35. The Labute approximate surface area is 142 Å². The lowest BCUT2D eigenvalue weighted by molar-refractivity contribution is -0.130. The fourth-order valence-corrected chi connectivity index (χ4v) is 3.11. The van der Waals surface area contributed by atoms with Gasteiger partial charge in [0.1, 0.15) is 5.75 Å². The monoisotopic (exact) mass is 327 g/mol. The number of hydrogen-bond donors (Lipinski definition) is 0. The molecule has 0 aliphatic carbocycles. The second-order valence-electron chi connectivity index (χ2n) is 6.44. The van der Waals surface area contributed by atoms with E-state index in [0.29, 0.717) is 18.2 Å². The Morgan fingerprint density at radius 1 is 1.29 bits per heavy atom. The summed E-state index contributed by atoms with van der Waals surface area (Å²) in [6.07, 6.45) is 2.49. The SMILES string of the molecule is Cc1ccc(Oc2cccc(CC(=O)N3CCCC3C)c2)c(F)c1. The van der Waals surface area contributed by atoms with Crippen molar-refractivity contribution in [3.05, 3.63) is 59.4 Å². The first kappa shape index (κ1) is 16.5. The van der Waals surface area contributed by atoms with Crippen molar-refractivity contribution in [1.82, 2.24) is 4.90 Å². The largest absolute Gasteiger partial charge is 0.454 e. The molecule has 0 spiro atoms. The van der Waals surface area contributed by atoms with Crippen molar-refractivity contribution in [2.45, 2.75) is 39.2 Å². The van der Waals surface area contributed by atoms with Gasteiger partial charge in [-0.05, 0) is 62.1 Å². The summed E-state index contributed by atoms with van der Waals surface area (Å²) in [5.41, 5.74) is 1.73. The summed E-state index contributed by atoms with van der Waals surface area (Å²) in [6, 6.07) is 12.5. The second kappa shape index (κ2) is 7.04. The number of benzene rings is 2. The van der Waals surface area contributed by atoms with Crippen molar-refractivity contribution >= 4 is 5.91 Å². The van der Waals surface area contributed by atoms with Gasteiger partial charge in [-0.15, -0.1) is 0 Å². The Bertz CT molecular complexity index is 744. The summed E-state index contributed by atoms with van der Waals surface area (Å²) in [7, 11) is 0. The van der Waals surface area contributed by atoms with Crippen LogP contribution in [0.4, 0.5) is 4.39 Å². The average molecular weight is 327 g/mol. The highest BCUT2D eigenvalue weighted by Gasteiger charge is 2.24. The van der Waals surface area contributed by atoms with Gasteiger partial charge in [-0.25, -0.2) is 4.39 Å². The summed E-state index contributed by atoms with van der Waals surface area (Å²) in [5.74, 6) is 0.482. The highest BCUT2D eigenvalue weighted by molar-refractivity contribution is 5.79. The molecule has 3 nitrogen and oxygen atoms in total. The van der Waals surface area contributed by atoms with Crippen molar-refractivity contribution in [2.75, 3.05) is 6.54 Å². The van der Waals surface area contributed by atoms with Crippen LogP contribution in [-0.4, -0.2) is 23.4 Å². The molecule has 1 atom stereocenters. The standard InChI is InChI=1S/C20H22FNO2/c1-14-8-9-19(18(21)11-14)24-17-7-3-6-16(12-17)13-20(23)22-10-4-5-15(22)2/h3,6-9,11-12,15H,4-5,10,13H2,1-2H3. The lowest BCUT2D eigenvalue weighted by Gasteiger charge is -2.21. The quantitative estimate of drug-likeness (QED) is 0.828. The number of carbonyl (C=O) groups excluding carboxylic acids is 1. The van der Waals surface area contributed by atoms with Gasteiger partial charge in [-0.1, -0.05) is 18.2 Å². The maximum atomic E-state index is 13.9. The minimum atomic E-state index is -0.387. The molecule has 1 fully saturated rings. The molecule has 24 heavy (non-hydrogen) atoms. The summed E-state index contributed by atoms with van der Waals surface area (Å²) >= 11 is 0. The second-order valence-corrected chi connectivity index (χ2v) is 6.44. The molecular weight excluding hydrogens is 305 g/mol. The molecule has 0 bridgehead atoms. The van der Waals surface area contributed by atoms with Gasteiger partial charge in [-0.2, -0.15) is 0 Å². The highest BCUT2D eigenvalue weighted by atomic mass is 19.1. The molecule has 4 heteroatoms. The first-order valence-electron chi connectivity index (χ1n) is 8.35. The summed E-state index contributed by atoms with van der Waals surface area (Å²) in [5, 5.41) is 0. The van der Waals surface area contributed by atoms with E-state index in [0.717, 1.165) is 30.5 Å². The van der Waals surface area contributed by atoms with Gasteiger partial charge in [0.2, 0.25) is 5.91 Å². The topological polar surface area (TPSA) is 29.5 Å². The third-order valence-electron chi connectivity index (χ3n) is 4.44. The van der Waals surface area contributed by atoms with E-state index in [2.05, 4.69) is 6.92 Å². The van der Waals surface area contributed by atoms with Crippen LogP contribution < -0.4 is 4.74 Å². The Morgan fingerprint density at radius 3 is 2.83 bits per heavy atom. The number of amides is 1. The molecule has 1 amide bonds. The van der Waals surface area contributed by atoms with Crippen molar-refractivity contribution in [3.63, 3.8) is 0 Å². The number of rotatable bonds is 4. The van der Waals surface area contributed by atoms with Gasteiger partial charge in [0.05, 0.1) is 6.42 Å².